The molecular formula is C11H18ClN. The molecule has 0 N–H and O–H groups in total. The molecule has 0 spiro atoms. The summed E-state index contributed by atoms with van der Waals surface area (Å²) in [5, 5.41) is 0. The Kier molecular flexibility index (Phi) is 4.45. The van der Waals surface area contributed by atoms with Gasteiger partial charge in [-0.3, -0.25) is 0 Å². The van der Waals surface area contributed by atoms with Gasteiger partial charge in [-0.25, -0.2) is 0 Å². The molecule has 0 fully saturated rings. The van der Waals surface area contributed by atoms with Crippen molar-refractivity contribution in [3.63, 3.8) is 0 Å². The van der Waals surface area contributed by atoms with Crippen LogP contribution in [0.15, 0.2) is 24.3 Å². The summed E-state index contributed by atoms with van der Waals surface area (Å²) in [6.07, 6.45) is 0. The van der Waals surface area contributed by atoms with Crippen LogP contribution in [0.3, 0.4) is 0 Å². The first-order valence-electron chi connectivity index (χ1n) is 4.33. The molecular weight excluding hydrogens is 182 g/mol. The Hall–Kier alpha value is -0.530. The second-order valence-electron chi connectivity index (χ2n) is 4.43. The van der Waals surface area contributed by atoms with E-state index in [-0.39, 0.29) is 12.4 Å². The molecule has 0 aliphatic rings. The van der Waals surface area contributed by atoms with Gasteiger partial charge in [0.2, 0.25) is 0 Å². The Morgan fingerprint density at radius 1 is 1.00 bits per heavy atom. The molecule has 0 aromatic heterocycles. The number of rotatable bonds is 2. The SMILES string of the molecule is Cc1ccc(C[N+](C)(C)C)cc1.[Cl-]. The molecule has 0 aliphatic heterocycles. The molecule has 0 atom stereocenters. The van der Waals surface area contributed by atoms with Crippen molar-refractivity contribution in [2.45, 2.75) is 13.5 Å². The summed E-state index contributed by atoms with van der Waals surface area (Å²) in [6.45, 7) is 3.22. The van der Waals surface area contributed by atoms with Gasteiger partial charge in [-0.05, 0) is 6.92 Å². The average molecular weight is 200 g/mol. The Labute approximate surface area is 87.4 Å². The molecule has 1 rings (SSSR count). The number of benzene rings is 1. The van der Waals surface area contributed by atoms with Crippen LogP contribution in [-0.2, 0) is 6.54 Å². The van der Waals surface area contributed by atoms with Crippen molar-refractivity contribution < 1.29 is 16.9 Å². The van der Waals surface area contributed by atoms with E-state index in [2.05, 4.69) is 52.3 Å². The number of nitrogens with zero attached hydrogens (tertiary/aromatic N) is 1. The molecule has 0 radical (unpaired) electrons. The molecule has 74 valence electrons. The number of quaternary nitrogens is 1. The predicted octanol–water partition coefficient (Wildman–Crippen LogP) is -0.795. The fraction of sp³-hybridized carbons (Fsp3) is 0.455. The molecule has 0 bridgehead atoms. The second-order valence-corrected chi connectivity index (χ2v) is 4.43. The molecule has 2 heteroatoms. The van der Waals surface area contributed by atoms with Crippen molar-refractivity contribution >= 4 is 0 Å². The van der Waals surface area contributed by atoms with Gasteiger partial charge < -0.3 is 16.9 Å². The highest BCUT2D eigenvalue weighted by Gasteiger charge is 2.07. The first-order chi connectivity index (χ1) is 5.47. The van der Waals surface area contributed by atoms with Gasteiger partial charge >= 0.3 is 0 Å². The van der Waals surface area contributed by atoms with Gasteiger partial charge in [-0.2, -0.15) is 0 Å². The van der Waals surface area contributed by atoms with E-state index in [9.17, 15) is 0 Å². The lowest BCUT2D eigenvalue weighted by Crippen LogP contribution is -3.00. The normalized spacial score (nSPS) is 10.8. The molecule has 1 nitrogen and oxygen atoms in total. The van der Waals surface area contributed by atoms with Crippen LogP contribution in [0.5, 0.6) is 0 Å². The maximum atomic E-state index is 2.21. The molecule has 0 heterocycles. The topological polar surface area (TPSA) is 0 Å². The Balaban J connectivity index is 0.00000144. The van der Waals surface area contributed by atoms with Crippen LogP contribution in [0.2, 0.25) is 0 Å². The van der Waals surface area contributed by atoms with Gasteiger partial charge in [-0.1, -0.05) is 29.8 Å². The standard InChI is InChI=1S/C11H18N.ClH/c1-10-5-7-11(8-6-10)9-12(2,3)4;/h5-8H,9H2,1-4H3;1H/q+1;/p-1. The average Bonchev–Trinajstić information content (AvgIpc) is 1.91. The smallest absolute Gasteiger partial charge is 0.104 e. The largest absolute Gasteiger partial charge is 1.00 e. The highest BCUT2D eigenvalue weighted by molar-refractivity contribution is 5.20. The first kappa shape index (κ1) is 12.5. The van der Waals surface area contributed by atoms with E-state index in [1.54, 1.807) is 0 Å². The van der Waals surface area contributed by atoms with Gasteiger partial charge in [0.15, 0.2) is 0 Å². The van der Waals surface area contributed by atoms with Crippen LogP contribution in [-0.4, -0.2) is 25.6 Å². The fourth-order valence-electron chi connectivity index (χ4n) is 1.24. The van der Waals surface area contributed by atoms with E-state index in [1.807, 2.05) is 0 Å². The highest BCUT2D eigenvalue weighted by atomic mass is 35.5. The lowest BCUT2D eigenvalue weighted by atomic mass is 10.1. The number of aryl methyl sites for hydroxylation is 1. The highest BCUT2D eigenvalue weighted by Crippen LogP contribution is 2.07. The molecule has 13 heavy (non-hydrogen) atoms. The van der Waals surface area contributed by atoms with Crippen molar-refractivity contribution in [2.75, 3.05) is 21.1 Å². The Morgan fingerprint density at radius 2 is 1.46 bits per heavy atom. The number of hydrogen-bond acceptors (Lipinski definition) is 0. The molecule has 1 aromatic rings. The van der Waals surface area contributed by atoms with Crippen LogP contribution < -0.4 is 12.4 Å². The summed E-state index contributed by atoms with van der Waals surface area (Å²) in [4.78, 5) is 0. The first-order valence-corrected chi connectivity index (χ1v) is 4.33. The summed E-state index contributed by atoms with van der Waals surface area (Å²) < 4.78 is 0.989. The molecule has 0 aliphatic carbocycles. The van der Waals surface area contributed by atoms with Crippen LogP contribution in [0.4, 0.5) is 0 Å². The maximum absolute atomic E-state index is 2.21. The second kappa shape index (κ2) is 4.64. The van der Waals surface area contributed by atoms with Gasteiger partial charge in [0.1, 0.15) is 6.54 Å². The van der Waals surface area contributed by atoms with Gasteiger partial charge in [0.05, 0.1) is 21.1 Å². The quantitative estimate of drug-likeness (QED) is 0.548. The van der Waals surface area contributed by atoms with E-state index in [0.717, 1.165) is 11.0 Å². The number of hydrogen-bond donors (Lipinski definition) is 0. The van der Waals surface area contributed by atoms with Gasteiger partial charge in [-0.15, -0.1) is 0 Å². The van der Waals surface area contributed by atoms with Crippen molar-refractivity contribution in [1.82, 2.24) is 0 Å². The molecule has 0 saturated heterocycles. The third kappa shape index (κ3) is 4.91. The van der Waals surface area contributed by atoms with Crippen molar-refractivity contribution in [3.8, 4) is 0 Å². The van der Waals surface area contributed by atoms with Crippen LogP contribution in [0.25, 0.3) is 0 Å². The molecule has 0 amide bonds. The summed E-state index contributed by atoms with van der Waals surface area (Å²) in [7, 11) is 6.62. The molecule has 1 aromatic carbocycles. The minimum atomic E-state index is 0. The predicted molar refractivity (Wildman–Crippen MR) is 52.9 cm³/mol. The van der Waals surface area contributed by atoms with Gasteiger partial charge in [0, 0.05) is 5.56 Å². The zero-order valence-electron chi connectivity index (χ0n) is 8.84. The van der Waals surface area contributed by atoms with E-state index in [4.69, 9.17) is 0 Å². The molecule has 0 unspecified atom stereocenters. The fourth-order valence-corrected chi connectivity index (χ4v) is 1.24. The van der Waals surface area contributed by atoms with Gasteiger partial charge in [0.25, 0.3) is 0 Å². The summed E-state index contributed by atoms with van der Waals surface area (Å²) in [6, 6.07) is 8.76. The van der Waals surface area contributed by atoms with E-state index in [1.165, 1.54) is 11.1 Å². The lowest BCUT2D eigenvalue weighted by Gasteiger charge is -2.23. The summed E-state index contributed by atoms with van der Waals surface area (Å²) in [5.74, 6) is 0. The minimum absolute atomic E-state index is 0. The maximum Gasteiger partial charge on any atom is 0.104 e. The van der Waals surface area contributed by atoms with E-state index < -0.39 is 0 Å². The minimum Gasteiger partial charge on any atom is -1.00 e. The van der Waals surface area contributed by atoms with Crippen LogP contribution in [0.1, 0.15) is 11.1 Å². The van der Waals surface area contributed by atoms with E-state index >= 15 is 0 Å². The lowest BCUT2D eigenvalue weighted by molar-refractivity contribution is -0.884. The molecule has 0 saturated carbocycles. The van der Waals surface area contributed by atoms with Crippen molar-refractivity contribution in [2.24, 2.45) is 0 Å². The van der Waals surface area contributed by atoms with Crippen molar-refractivity contribution in [3.05, 3.63) is 35.4 Å². The van der Waals surface area contributed by atoms with Crippen LogP contribution >= 0.6 is 0 Å². The van der Waals surface area contributed by atoms with Crippen molar-refractivity contribution in [1.29, 1.82) is 0 Å². The monoisotopic (exact) mass is 199 g/mol. The zero-order valence-corrected chi connectivity index (χ0v) is 9.60. The third-order valence-corrected chi connectivity index (χ3v) is 1.78. The van der Waals surface area contributed by atoms with E-state index in [0.29, 0.717) is 0 Å². The third-order valence-electron chi connectivity index (χ3n) is 1.78. The number of halogens is 1. The Morgan fingerprint density at radius 3 is 1.85 bits per heavy atom. The summed E-state index contributed by atoms with van der Waals surface area (Å²) in [5.41, 5.74) is 2.74. The Bertz CT molecular complexity index is 246. The van der Waals surface area contributed by atoms with Crippen LogP contribution in [0, 0.1) is 6.92 Å². The zero-order chi connectivity index (χ0) is 9.19. The summed E-state index contributed by atoms with van der Waals surface area (Å²) >= 11 is 0.